The van der Waals surface area contributed by atoms with Gasteiger partial charge in [0.25, 0.3) is 0 Å². The summed E-state index contributed by atoms with van der Waals surface area (Å²) >= 11 is 0. The summed E-state index contributed by atoms with van der Waals surface area (Å²) in [5.74, 6) is -0.0623. The van der Waals surface area contributed by atoms with E-state index in [1.54, 1.807) is 22.8 Å². The van der Waals surface area contributed by atoms with E-state index in [9.17, 15) is 15.3 Å². The second-order valence-electron chi connectivity index (χ2n) is 4.67. The molecular weight excluding hydrogens is 258 g/mol. The third kappa shape index (κ3) is 1.48. The fraction of sp³-hybridized carbons (Fsp3) is 0.143. The van der Waals surface area contributed by atoms with Crippen molar-refractivity contribution >= 4 is 33.2 Å². The quantitative estimate of drug-likeness (QED) is 0.357. The second kappa shape index (κ2) is 4.21. The molecule has 6 nitrogen and oxygen atoms in total. The molecule has 20 heavy (non-hydrogen) atoms. The van der Waals surface area contributed by atoms with E-state index < -0.39 is 0 Å². The van der Waals surface area contributed by atoms with Crippen LogP contribution in [0.3, 0.4) is 0 Å². The SMILES string of the molecule is Nc1cc2c3cccc(O)c3n(CCO)c2c(O)c1N. The first-order valence-corrected chi connectivity index (χ1v) is 6.18. The molecule has 0 saturated heterocycles. The van der Waals surface area contributed by atoms with Crippen LogP contribution in [-0.4, -0.2) is 26.5 Å². The van der Waals surface area contributed by atoms with Crippen molar-refractivity contribution in [2.24, 2.45) is 0 Å². The average Bonchev–Trinajstić information content (AvgIpc) is 2.73. The molecule has 0 spiro atoms. The van der Waals surface area contributed by atoms with Crippen molar-refractivity contribution in [2.45, 2.75) is 6.54 Å². The van der Waals surface area contributed by atoms with Crippen LogP contribution in [0.1, 0.15) is 0 Å². The molecule has 0 atom stereocenters. The molecule has 0 aliphatic heterocycles. The van der Waals surface area contributed by atoms with Crippen molar-refractivity contribution < 1.29 is 15.3 Å². The fourth-order valence-electron chi connectivity index (χ4n) is 2.64. The molecule has 2 aromatic carbocycles. The van der Waals surface area contributed by atoms with Gasteiger partial charge in [0.15, 0.2) is 5.75 Å². The van der Waals surface area contributed by atoms with E-state index in [-0.39, 0.29) is 36.0 Å². The highest BCUT2D eigenvalue weighted by Crippen LogP contribution is 2.42. The number of anilines is 2. The van der Waals surface area contributed by atoms with Gasteiger partial charge in [0.2, 0.25) is 0 Å². The van der Waals surface area contributed by atoms with E-state index in [4.69, 9.17) is 11.5 Å². The van der Waals surface area contributed by atoms with E-state index in [1.165, 1.54) is 0 Å². The molecule has 0 radical (unpaired) electrons. The Hall–Kier alpha value is -2.60. The highest BCUT2D eigenvalue weighted by molar-refractivity contribution is 6.14. The Bertz CT molecular complexity index is 824. The molecule has 3 aromatic rings. The van der Waals surface area contributed by atoms with Crippen LogP contribution in [0.5, 0.6) is 11.5 Å². The van der Waals surface area contributed by atoms with Crippen molar-refractivity contribution in [1.29, 1.82) is 0 Å². The molecule has 3 rings (SSSR count). The normalized spacial score (nSPS) is 11.4. The van der Waals surface area contributed by atoms with Crippen LogP contribution in [0.15, 0.2) is 24.3 Å². The molecule has 104 valence electrons. The number of fused-ring (bicyclic) bond motifs is 3. The highest BCUT2D eigenvalue weighted by atomic mass is 16.3. The van der Waals surface area contributed by atoms with Crippen molar-refractivity contribution in [3.05, 3.63) is 24.3 Å². The summed E-state index contributed by atoms with van der Waals surface area (Å²) in [7, 11) is 0. The summed E-state index contributed by atoms with van der Waals surface area (Å²) < 4.78 is 1.64. The van der Waals surface area contributed by atoms with Gasteiger partial charge in [-0.2, -0.15) is 0 Å². The molecule has 0 aliphatic rings. The number of para-hydroxylation sites is 1. The Morgan fingerprint density at radius 2 is 1.80 bits per heavy atom. The Morgan fingerprint density at radius 3 is 2.50 bits per heavy atom. The number of aliphatic hydroxyl groups excluding tert-OH is 1. The molecule has 1 heterocycles. The van der Waals surface area contributed by atoms with Gasteiger partial charge in [-0.25, -0.2) is 0 Å². The van der Waals surface area contributed by atoms with E-state index in [1.807, 2.05) is 6.07 Å². The first-order chi connectivity index (χ1) is 9.56. The van der Waals surface area contributed by atoms with Crippen molar-refractivity contribution in [1.82, 2.24) is 4.57 Å². The molecule has 0 bridgehead atoms. The monoisotopic (exact) mass is 273 g/mol. The third-order valence-corrected chi connectivity index (χ3v) is 3.51. The Labute approximate surface area is 114 Å². The summed E-state index contributed by atoms with van der Waals surface area (Å²) in [4.78, 5) is 0. The Morgan fingerprint density at radius 1 is 1.05 bits per heavy atom. The lowest BCUT2D eigenvalue weighted by molar-refractivity contribution is 0.279. The molecule has 7 N–H and O–H groups in total. The maximum absolute atomic E-state index is 10.2. The van der Waals surface area contributed by atoms with E-state index in [0.29, 0.717) is 16.4 Å². The Kier molecular flexibility index (Phi) is 2.62. The number of hydrogen-bond acceptors (Lipinski definition) is 5. The second-order valence-corrected chi connectivity index (χ2v) is 4.67. The number of nitrogens with zero attached hydrogens (tertiary/aromatic N) is 1. The minimum absolute atomic E-state index is 0.0729. The minimum atomic E-state index is -0.135. The van der Waals surface area contributed by atoms with Gasteiger partial charge in [-0.3, -0.25) is 0 Å². The first kappa shape index (κ1) is 12.4. The fourth-order valence-corrected chi connectivity index (χ4v) is 2.64. The van der Waals surface area contributed by atoms with Crippen LogP contribution in [0, 0.1) is 0 Å². The van der Waals surface area contributed by atoms with Crippen molar-refractivity contribution in [3.63, 3.8) is 0 Å². The summed E-state index contributed by atoms with van der Waals surface area (Å²) in [6.45, 7) is 0.103. The predicted octanol–water partition coefficient (Wildman–Crippen LogP) is 1.36. The zero-order valence-corrected chi connectivity index (χ0v) is 10.7. The van der Waals surface area contributed by atoms with E-state index in [2.05, 4.69) is 0 Å². The smallest absolute Gasteiger partial charge is 0.165 e. The molecule has 0 unspecified atom stereocenters. The number of benzene rings is 2. The van der Waals surface area contributed by atoms with Gasteiger partial charge in [-0.1, -0.05) is 12.1 Å². The lowest BCUT2D eigenvalue weighted by Crippen LogP contribution is -2.03. The topological polar surface area (TPSA) is 118 Å². The van der Waals surface area contributed by atoms with Gasteiger partial charge < -0.3 is 31.4 Å². The van der Waals surface area contributed by atoms with Crippen molar-refractivity contribution in [2.75, 3.05) is 18.1 Å². The predicted molar refractivity (Wildman–Crippen MR) is 78.7 cm³/mol. The summed E-state index contributed by atoms with van der Waals surface area (Å²) in [6.07, 6.45) is 0. The van der Waals surface area contributed by atoms with Gasteiger partial charge in [0.05, 0.1) is 29.0 Å². The number of hydrogen-bond donors (Lipinski definition) is 5. The van der Waals surface area contributed by atoms with Crippen LogP contribution < -0.4 is 11.5 Å². The molecule has 1 aromatic heterocycles. The molecule has 0 aliphatic carbocycles. The number of nitrogens with two attached hydrogens (primary N) is 2. The average molecular weight is 273 g/mol. The van der Waals surface area contributed by atoms with Crippen LogP contribution >= 0.6 is 0 Å². The zero-order chi connectivity index (χ0) is 14.4. The number of aromatic nitrogens is 1. The highest BCUT2D eigenvalue weighted by Gasteiger charge is 2.19. The summed E-state index contributed by atoms with van der Waals surface area (Å²) in [5.41, 5.74) is 12.9. The summed E-state index contributed by atoms with van der Waals surface area (Å²) in [6, 6.07) is 6.75. The molecular formula is C14H15N3O3. The minimum Gasteiger partial charge on any atom is -0.506 e. The lowest BCUT2D eigenvalue weighted by atomic mass is 10.1. The number of phenols is 2. The maximum Gasteiger partial charge on any atom is 0.165 e. The molecule has 0 saturated carbocycles. The van der Waals surface area contributed by atoms with Gasteiger partial charge in [-0.15, -0.1) is 0 Å². The van der Waals surface area contributed by atoms with Gasteiger partial charge >= 0.3 is 0 Å². The third-order valence-electron chi connectivity index (χ3n) is 3.51. The zero-order valence-electron chi connectivity index (χ0n) is 10.7. The number of aromatic hydroxyl groups is 2. The molecule has 0 amide bonds. The van der Waals surface area contributed by atoms with Crippen LogP contribution in [0.4, 0.5) is 11.4 Å². The van der Waals surface area contributed by atoms with Crippen LogP contribution in [0.2, 0.25) is 0 Å². The van der Waals surface area contributed by atoms with Crippen LogP contribution in [0.25, 0.3) is 21.8 Å². The van der Waals surface area contributed by atoms with E-state index in [0.717, 1.165) is 5.39 Å². The largest absolute Gasteiger partial charge is 0.506 e. The maximum atomic E-state index is 10.2. The number of rotatable bonds is 2. The van der Waals surface area contributed by atoms with Crippen molar-refractivity contribution in [3.8, 4) is 11.5 Å². The standard InChI is InChI=1S/C14H15N3O3/c15-9-6-8-7-2-1-3-10(19)12(7)17(4-5-18)13(8)14(20)11(9)16/h1-3,6,18-20H,4-5,15-16H2. The molecule has 6 heteroatoms. The number of nitrogen functional groups attached to an aromatic ring is 2. The summed E-state index contributed by atoms with van der Waals surface area (Å²) in [5, 5.41) is 31.0. The number of aliphatic hydroxyl groups is 1. The number of phenolic OH excluding ortho intramolecular Hbond substituents is 2. The first-order valence-electron chi connectivity index (χ1n) is 6.18. The van der Waals surface area contributed by atoms with Crippen LogP contribution in [-0.2, 0) is 6.54 Å². The van der Waals surface area contributed by atoms with E-state index >= 15 is 0 Å². The van der Waals surface area contributed by atoms with Gasteiger partial charge in [0, 0.05) is 17.3 Å². The lowest BCUT2D eigenvalue weighted by Gasteiger charge is -2.09. The van der Waals surface area contributed by atoms with Gasteiger partial charge in [-0.05, 0) is 12.1 Å². The Balaban J connectivity index is 2.60. The van der Waals surface area contributed by atoms with Gasteiger partial charge in [0.1, 0.15) is 5.75 Å². The molecule has 0 fully saturated rings.